The summed E-state index contributed by atoms with van der Waals surface area (Å²) in [6.45, 7) is 26.6. The van der Waals surface area contributed by atoms with Crippen molar-refractivity contribution in [3.05, 3.63) is 126 Å². The number of hydrogen-bond donors (Lipinski definition) is 1. The van der Waals surface area contributed by atoms with Gasteiger partial charge in [-0.3, -0.25) is 0 Å². The van der Waals surface area contributed by atoms with Crippen LogP contribution in [0.15, 0.2) is 115 Å². The van der Waals surface area contributed by atoms with Gasteiger partial charge in [-0.15, -0.1) is 0 Å². The Morgan fingerprint density at radius 1 is 0.596 bits per heavy atom. The Hall–Kier alpha value is -3.09. The summed E-state index contributed by atoms with van der Waals surface area (Å²) >= 11 is 0. The highest BCUT2D eigenvalue weighted by Crippen LogP contribution is 2.41. The zero-order valence-corrected chi connectivity index (χ0v) is 39.0. The molecule has 0 heterocycles. The van der Waals surface area contributed by atoms with Crippen LogP contribution in [0.4, 0.5) is 0 Å². The van der Waals surface area contributed by atoms with E-state index in [-0.39, 0.29) is 52.7 Å². The number of aliphatic hydroxyl groups excluding tert-OH is 1. The van der Waals surface area contributed by atoms with E-state index in [0.717, 1.165) is 16.9 Å². The average molecular weight is 813 g/mol. The van der Waals surface area contributed by atoms with Crippen LogP contribution in [0.1, 0.15) is 79.9 Å². The molecule has 0 aliphatic rings. The third-order valence-corrected chi connectivity index (χ3v) is 21.8. The summed E-state index contributed by atoms with van der Waals surface area (Å²) in [6, 6.07) is 40.1. The minimum absolute atomic E-state index is 0.00520. The lowest BCUT2D eigenvalue weighted by atomic mass is 9.81. The van der Waals surface area contributed by atoms with Gasteiger partial charge < -0.3 is 28.2 Å². The molecule has 0 amide bonds. The van der Waals surface area contributed by atoms with E-state index in [0.29, 0.717) is 26.2 Å². The first-order valence-corrected chi connectivity index (χ1v) is 25.7. The maximum atomic E-state index is 10.6. The van der Waals surface area contributed by atoms with Crippen molar-refractivity contribution in [3.63, 3.8) is 0 Å². The summed E-state index contributed by atoms with van der Waals surface area (Å²) in [4.78, 5) is 0. The predicted molar refractivity (Wildman–Crippen MR) is 241 cm³/mol. The molecular weight excluding hydrogens is 741 g/mol. The fourth-order valence-electron chi connectivity index (χ4n) is 7.87. The van der Waals surface area contributed by atoms with Crippen molar-refractivity contribution in [2.24, 2.45) is 17.8 Å². The molecule has 1 N–H and O–H groups in total. The summed E-state index contributed by atoms with van der Waals surface area (Å²) < 4.78 is 34.2. The Balaban J connectivity index is 1.73. The van der Waals surface area contributed by atoms with E-state index in [1.54, 1.807) is 7.11 Å². The SMILES string of the molecule is COc1ccc(CO[C@H]([C@@H](C)[C@@H](OCc2ccccc2)[C@@H](C)[C@H](CCO[Si](c2ccccc2)(c2ccccc2)C(C)(C)C)O[Si](C)(C)C(C)(C)C)[C@@H](C)CO)cc1. The summed E-state index contributed by atoms with van der Waals surface area (Å²) in [5.74, 6) is 0.583. The molecule has 8 heteroatoms. The van der Waals surface area contributed by atoms with Crippen LogP contribution in [-0.2, 0) is 31.5 Å². The van der Waals surface area contributed by atoms with Gasteiger partial charge in [-0.25, -0.2) is 0 Å². The first-order valence-electron chi connectivity index (χ1n) is 20.9. The number of benzene rings is 4. The highest BCUT2D eigenvalue weighted by Gasteiger charge is 2.50. The molecular formula is C49H72O6Si2. The van der Waals surface area contributed by atoms with Gasteiger partial charge in [0, 0.05) is 31.0 Å². The summed E-state index contributed by atoms with van der Waals surface area (Å²) in [7, 11) is -3.36. The monoisotopic (exact) mass is 812 g/mol. The minimum atomic E-state index is -2.77. The van der Waals surface area contributed by atoms with Crippen molar-refractivity contribution < 1.29 is 28.2 Å². The van der Waals surface area contributed by atoms with E-state index >= 15 is 0 Å². The molecule has 0 aliphatic carbocycles. The lowest BCUT2D eigenvalue weighted by Gasteiger charge is -2.46. The lowest BCUT2D eigenvalue weighted by Crippen LogP contribution is -2.66. The van der Waals surface area contributed by atoms with Gasteiger partial charge in [0.05, 0.1) is 38.6 Å². The van der Waals surface area contributed by atoms with Crippen LogP contribution in [0.2, 0.25) is 23.2 Å². The molecule has 0 spiro atoms. The first kappa shape index (κ1) is 46.6. The van der Waals surface area contributed by atoms with E-state index in [2.05, 4.69) is 160 Å². The Labute approximate surface area is 347 Å². The second-order valence-electron chi connectivity index (χ2n) is 18.5. The molecule has 57 heavy (non-hydrogen) atoms. The van der Waals surface area contributed by atoms with Crippen LogP contribution < -0.4 is 15.1 Å². The molecule has 312 valence electrons. The van der Waals surface area contributed by atoms with E-state index in [9.17, 15) is 5.11 Å². The molecule has 4 aromatic rings. The molecule has 6 nitrogen and oxygen atoms in total. The van der Waals surface area contributed by atoms with Crippen LogP contribution >= 0.6 is 0 Å². The second kappa shape index (κ2) is 20.7. The van der Waals surface area contributed by atoms with Crippen molar-refractivity contribution in [2.45, 2.75) is 123 Å². The van der Waals surface area contributed by atoms with Crippen LogP contribution in [0.25, 0.3) is 0 Å². The smallest absolute Gasteiger partial charge is 0.261 e. The van der Waals surface area contributed by atoms with Crippen molar-refractivity contribution in [2.75, 3.05) is 20.3 Å². The quantitative estimate of drug-likeness (QED) is 0.0846. The number of aliphatic hydroxyl groups is 1. The zero-order chi connectivity index (χ0) is 41.9. The molecule has 4 aromatic carbocycles. The summed E-state index contributed by atoms with van der Waals surface area (Å²) in [5, 5.41) is 13.0. The maximum Gasteiger partial charge on any atom is 0.261 e. The molecule has 6 atom stereocenters. The topological polar surface area (TPSA) is 66.4 Å². The third-order valence-electron chi connectivity index (χ3n) is 12.3. The van der Waals surface area contributed by atoms with Gasteiger partial charge >= 0.3 is 0 Å². The molecule has 0 saturated heterocycles. The van der Waals surface area contributed by atoms with E-state index in [4.69, 9.17) is 23.1 Å². The zero-order valence-electron chi connectivity index (χ0n) is 37.0. The van der Waals surface area contributed by atoms with Crippen molar-refractivity contribution in [3.8, 4) is 5.75 Å². The molecule has 0 unspecified atom stereocenters. The highest BCUT2D eigenvalue weighted by atomic mass is 28.4. The Morgan fingerprint density at radius 2 is 1.07 bits per heavy atom. The maximum absolute atomic E-state index is 10.6. The summed E-state index contributed by atoms with van der Waals surface area (Å²) in [6.07, 6.45) is 0.0344. The number of methoxy groups -OCH3 is 1. The molecule has 0 fully saturated rings. The Kier molecular flexibility index (Phi) is 17.0. The average Bonchev–Trinajstić information content (AvgIpc) is 3.19. The number of rotatable bonds is 21. The van der Waals surface area contributed by atoms with Crippen LogP contribution in [-0.4, -0.2) is 60.4 Å². The normalized spacial score (nSPS) is 16.0. The predicted octanol–water partition coefficient (Wildman–Crippen LogP) is 10.4. The number of hydrogen-bond acceptors (Lipinski definition) is 6. The highest BCUT2D eigenvalue weighted by molar-refractivity contribution is 6.99. The van der Waals surface area contributed by atoms with E-state index in [1.165, 1.54) is 10.4 Å². The van der Waals surface area contributed by atoms with Crippen LogP contribution in [0.3, 0.4) is 0 Å². The van der Waals surface area contributed by atoms with Gasteiger partial charge in [0.25, 0.3) is 8.32 Å². The van der Waals surface area contributed by atoms with Crippen molar-refractivity contribution >= 4 is 27.0 Å². The van der Waals surface area contributed by atoms with E-state index in [1.807, 2.05) is 30.3 Å². The van der Waals surface area contributed by atoms with Gasteiger partial charge in [-0.1, -0.05) is 165 Å². The molecule has 4 rings (SSSR count). The van der Waals surface area contributed by atoms with Crippen molar-refractivity contribution in [1.82, 2.24) is 0 Å². The van der Waals surface area contributed by atoms with Gasteiger partial charge in [-0.05, 0) is 63.2 Å². The van der Waals surface area contributed by atoms with E-state index < -0.39 is 16.6 Å². The first-order chi connectivity index (χ1) is 26.9. The van der Waals surface area contributed by atoms with Gasteiger partial charge in [0.15, 0.2) is 8.32 Å². The van der Waals surface area contributed by atoms with Crippen LogP contribution in [0.5, 0.6) is 5.75 Å². The van der Waals surface area contributed by atoms with Gasteiger partial charge in [0.1, 0.15) is 5.75 Å². The fraction of sp³-hybridized carbons (Fsp3) is 0.510. The minimum Gasteiger partial charge on any atom is -0.497 e. The second-order valence-corrected chi connectivity index (χ2v) is 27.5. The summed E-state index contributed by atoms with van der Waals surface area (Å²) in [5.41, 5.74) is 2.16. The Morgan fingerprint density at radius 3 is 1.53 bits per heavy atom. The molecule has 0 saturated carbocycles. The fourth-order valence-corrected chi connectivity index (χ4v) is 13.9. The standard InChI is InChI=1S/C49H72O6Si2/c1-37(34-50)46(52-36-41-28-30-42(51-10)31-29-41)39(3)47(53-35-40-22-16-13-17-23-40)38(2)45(55-56(11,12)48(4,5)6)32-33-54-57(49(7,8)9,43-24-18-14-19-25-43)44-26-20-15-21-27-44/h13-31,37-39,45-47,50H,32-36H2,1-12H3/t37-,38-,39+,45-,46-,47-/m0/s1. The van der Waals surface area contributed by atoms with Gasteiger partial charge in [0.2, 0.25) is 0 Å². The largest absolute Gasteiger partial charge is 0.497 e. The third kappa shape index (κ3) is 12.0. The Bertz CT molecular complexity index is 1680. The number of ether oxygens (including phenoxy) is 3. The van der Waals surface area contributed by atoms with Gasteiger partial charge in [-0.2, -0.15) is 0 Å². The molecule has 0 aromatic heterocycles. The molecule has 0 radical (unpaired) electrons. The molecule has 0 bridgehead atoms. The molecule has 0 aliphatic heterocycles. The van der Waals surface area contributed by atoms with Crippen molar-refractivity contribution in [1.29, 1.82) is 0 Å². The van der Waals surface area contributed by atoms with Crippen LogP contribution in [0, 0.1) is 17.8 Å². The lowest BCUT2D eigenvalue weighted by molar-refractivity contribution is -0.125.